The number of carbonyl (C=O) groups excluding carboxylic acids is 4. The third-order valence-electron chi connectivity index (χ3n) is 3.75. The lowest BCUT2D eigenvalue weighted by Crippen LogP contribution is -2.49. The highest BCUT2D eigenvalue weighted by molar-refractivity contribution is 6.22. The molecular weight excluding hydrogens is 322 g/mol. The summed E-state index contributed by atoms with van der Waals surface area (Å²) in [6.45, 7) is 7.11. The number of fused-ring (bicyclic) bond motifs is 1. The van der Waals surface area contributed by atoms with Crippen molar-refractivity contribution in [2.75, 3.05) is 19.6 Å². The molecule has 0 aliphatic carbocycles. The summed E-state index contributed by atoms with van der Waals surface area (Å²) in [4.78, 5) is 51.4. The van der Waals surface area contributed by atoms with Gasteiger partial charge in [0.15, 0.2) is 0 Å². The van der Waals surface area contributed by atoms with Crippen LogP contribution in [0.25, 0.3) is 0 Å². The van der Waals surface area contributed by atoms with E-state index in [1.807, 2.05) is 20.8 Å². The average Bonchev–Trinajstić information content (AvgIpc) is 2.76. The molecule has 4 amide bonds. The minimum absolute atomic E-state index is 0.115. The van der Waals surface area contributed by atoms with Crippen LogP contribution in [0.15, 0.2) is 24.3 Å². The first-order valence-corrected chi connectivity index (χ1v) is 8.18. The molecule has 0 unspecified atom stereocenters. The SMILES string of the molecule is CCN(CC(=O)NC(C)(C)C)C(=O)CN1C(=O)c2ccccc2C1=O. The van der Waals surface area contributed by atoms with E-state index < -0.39 is 23.3 Å². The zero-order valence-corrected chi connectivity index (χ0v) is 15.0. The van der Waals surface area contributed by atoms with Crippen molar-refractivity contribution in [3.63, 3.8) is 0 Å². The number of likely N-dealkylation sites (N-methyl/N-ethyl adjacent to an activating group) is 1. The summed E-state index contributed by atoms with van der Waals surface area (Å²) in [5.41, 5.74) is 0.199. The fourth-order valence-corrected chi connectivity index (χ4v) is 2.63. The topological polar surface area (TPSA) is 86.8 Å². The number of nitrogens with zero attached hydrogens (tertiary/aromatic N) is 2. The predicted octanol–water partition coefficient (Wildman–Crippen LogP) is 1.05. The van der Waals surface area contributed by atoms with Gasteiger partial charge in [-0.15, -0.1) is 0 Å². The maximum absolute atomic E-state index is 12.5. The van der Waals surface area contributed by atoms with Crippen LogP contribution < -0.4 is 5.32 Å². The van der Waals surface area contributed by atoms with E-state index >= 15 is 0 Å². The van der Waals surface area contributed by atoms with Gasteiger partial charge in [0.05, 0.1) is 17.7 Å². The summed E-state index contributed by atoms with van der Waals surface area (Å²) in [7, 11) is 0. The maximum atomic E-state index is 12.5. The molecule has 1 aliphatic heterocycles. The Balaban J connectivity index is 2.04. The molecule has 1 aliphatic rings. The zero-order valence-electron chi connectivity index (χ0n) is 15.0. The Hall–Kier alpha value is -2.70. The van der Waals surface area contributed by atoms with Crippen molar-refractivity contribution in [2.45, 2.75) is 33.2 Å². The standard InChI is InChI=1S/C18H23N3O4/c1-5-20(10-14(22)19-18(2,3)4)15(23)11-21-16(24)12-8-6-7-9-13(12)17(21)25/h6-9H,5,10-11H2,1-4H3,(H,19,22). The number of hydrogen-bond donors (Lipinski definition) is 1. The third kappa shape index (κ3) is 4.23. The molecule has 25 heavy (non-hydrogen) atoms. The largest absolute Gasteiger partial charge is 0.350 e. The second kappa shape index (κ2) is 7.04. The minimum atomic E-state index is -0.482. The lowest BCUT2D eigenvalue weighted by Gasteiger charge is -2.26. The first-order chi connectivity index (χ1) is 11.6. The quantitative estimate of drug-likeness (QED) is 0.808. The van der Waals surface area contributed by atoms with Gasteiger partial charge >= 0.3 is 0 Å². The van der Waals surface area contributed by atoms with Crippen molar-refractivity contribution < 1.29 is 19.2 Å². The van der Waals surface area contributed by atoms with Gasteiger partial charge in [0.25, 0.3) is 11.8 Å². The van der Waals surface area contributed by atoms with Crippen molar-refractivity contribution in [2.24, 2.45) is 0 Å². The zero-order chi connectivity index (χ0) is 18.8. The summed E-state index contributed by atoms with van der Waals surface area (Å²) in [5.74, 6) is -1.69. The van der Waals surface area contributed by atoms with Crippen LogP contribution in [-0.2, 0) is 9.59 Å². The van der Waals surface area contributed by atoms with E-state index in [2.05, 4.69) is 5.32 Å². The van der Waals surface area contributed by atoms with Crippen LogP contribution in [0.3, 0.4) is 0 Å². The molecule has 1 heterocycles. The van der Waals surface area contributed by atoms with Crippen molar-refractivity contribution in [3.8, 4) is 0 Å². The molecular formula is C18H23N3O4. The molecule has 7 nitrogen and oxygen atoms in total. The van der Waals surface area contributed by atoms with Gasteiger partial charge in [0, 0.05) is 12.1 Å². The fourth-order valence-electron chi connectivity index (χ4n) is 2.63. The Morgan fingerprint density at radius 2 is 1.60 bits per heavy atom. The van der Waals surface area contributed by atoms with Crippen LogP contribution in [0.2, 0.25) is 0 Å². The Kier molecular flexibility index (Phi) is 5.25. The van der Waals surface area contributed by atoms with Gasteiger partial charge in [0.2, 0.25) is 11.8 Å². The minimum Gasteiger partial charge on any atom is -0.350 e. The van der Waals surface area contributed by atoms with Crippen LogP contribution in [0.4, 0.5) is 0 Å². The molecule has 1 N–H and O–H groups in total. The van der Waals surface area contributed by atoms with Crippen LogP contribution in [0.5, 0.6) is 0 Å². The molecule has 1 aromatic carbocycles. The first-order valence-electron chi connectivity index (χ1n) is 8.18. The van der Waals surface area contributed by atoms with Gasteiger partial charge in [0.1, 0.15) is 6.54 Å². The van der Waals surface area contributed by atoms with Crippen LogP contribution in [0, 0.1) is 0 Å². The van der Waals surface area contributed by atoms with E-state index in [-0.39, 0.29) is 19.0 Å². The molecule has 2 rings (SSSR count). The van der Waals surface area contributed by atoms with E-state index in [1.54, 1.807) is 31.2 Å². The highest BCUT2D eigenvalue weighted by Gasteiger charge is 2.37. The summed E-state index contributed by atoms with van der Waals surface area (Å²) in [6.07, 6.45) is 0. The van der Waals surface area contributed by atoms with Crippen molar-refractivity contribution in [3.05, 3.63) is 35.4 Å². The van der Waals surface area contributed by atoms with Crippen molar-refractivity contribution in [1.82, 2.24) is 15.1 Å². The highest BCUT2D eigenvalue weighted by Crippen LogP contribution is 2.22. The van der Waals surface area contributed by atoms with Gasteiger partial charge in [-0.1, -0.05) is 12.1 Å². The third-order valence-corrected chi connectivity index (χ3v) is 3.75. The van der Waals surface area contributed by atoms with E-state index in [0.717, 1.165) is 4.90 Å². The van der Waals surface area contributed by atoms with Gasteiger partial charge in [-0.25, -0.2) is 0 Å². The van der Waals surface area contributed by atoms with Crippen molar-refractivity contribution >= 4 is 23.6 Å². The van der Waals surface area contributed by atoms with Gasteiger partial charge in [-0.2, -0.15) is 0 Å². The molecule has 7 heteroatoms. The Morgan fingerprint density at radius 1 is 1.08 bits per heavy atom. The summed E-state index contributed by atoms with van der Waals surface area (Å²) in [6, 6.07) is 6.47. The van der Waals surface area contributed by atoms with Crippen LogP contribution >= 0.6 is 0 Å². The van der Waals surface area contributed by atoms with Gasteiger partial charge in [-0.05, 0) is 39.8 Å². The molecule has 0 bridgehead atoms. The number of benzene rings is 1. The van der Waals surface area contributed by atoms with E-state index in [0.29, 0.717) is 17.7 Å². The molecule has 1 aromatic rings. The number of rotatable bonds is 5. The number of imide groups is 1. The molecule has 0 saturated heterocycles. The molecule has 134 valence electrons. The summed E-state index contributed by atoms with van der Waals surface area (Å²) in [5, 5.41) is 2.78. The van der Waals surface area contributed by atoms with E-state index in [1.165, 1.54) is 4.90 Å². The lowest BCUT2D eigenvalue weighted by atomic mass is 10.1. The van der Waals surface area contributed by atoms with Crippen LogP contribution in [-0.4, -0.2) is 58.6 Å². The Bertz CT molecular complexity index is 686. The van der Waals surface area contributed by atoms with E-state index in [4.69, 9.17) is 0 Å². The Labute approximate surface area is 147 Å². The number of hydrogen-bond acceptors (Lipinski definition) is 4. The highest BCUT2D eigenvalue weighted by atomic mass is 16.2. The number of amides is 4. The fraction of sp³-hybridized carbons (Fsp3) is 0.444. The normalized spacial score (nSPS) is 13.7. The van der Waals surface area contributed by atoms with Crippen molar-refractivity contribution in [1.29, 1.82) is 0 Å². The predicted molar refractivity (Wildman–Crippen MR) is 92.0 cm³/mol. The molecule has 0 radical (unpaired) electrons. The number of carbonyl (C=O) groups is 4. The molecule has 0 aromatic heterocycles. The summed E-state index contributed by atoms with van der Waals surface area (Å²) < 4.78 is 0. The molecule has 0 atom stereocenters. The second-order valence-electron chi connectivity index (χ2n) is 6.95. The summed E-state index contributed by atoms with van der Waals surface area (Å²) >= 11 is 0. The van der Waals surface area contributed by atoms with Gasteiger partial charge < -0.3 is 10.2 Å². The monoisotopic (exact) mass is 345 g/mol. The first kappa shape index (κ1) is 18.6. The number of nitrogens with one attached hydrogen (secondary N) is 1. The second-order valence-corrected chi connectivity index (χ2v) is 6.95. The smallest absolute Gasteiger partial charge is 0.262 e. The molecule has 0 spiro atoms. The van der Waals surface area contributed by atoms with E-state index in [9.17, 15) is 19.2 Å². The average molecular weight is 345 g/mol. The van der Waals surface area contributed by atoms with Gasteiger partial charge in [-0.3, -0.25) is 24.1 Å². The maximum Gasteiger partial charge on any atom is 0.262 e. The molecule has 0 fully saturated rings. The van der Waals surface area contributed by atoms with Crippen LogP contribution in [0.1, 0.15) is 48.4 Å². The molecule has 0 saturated carbocycles. The lowest BCUT2D eigenvalue weighted by molar-refractivity contribution is -0.136. The Morgan fingerprint density at radius 3 is 2.04 bits per heavy atom.